The lowest BCUT2D eigenvalue weighted by atomic mass is 10.1. The Morgan fingerprint density at radius 3 is 2.50 bits per heavy atom. The molecule has 1 amide bonds. The molecular formula is C19H19NO4. The SMILES string of the molecule is COC(=O)C1CC(=O)N(c2ccc(Oc3ccccc3C)cc2)C1. The minimum absolute atomic E-state index is 0.0713. The molecule has 0 saturated carbocycles. The Hall–Kier alpha value is -2.82. The van der Waals surface area contributed by atoms with Crippen molar-refractivity contribution in [1.82, 2.24) is 0 Å². The fourth-order valence-electron chi connectivity index (χ4n) is 2.77. The van der Waals surface area contributed by atoms with Crippen molar-refractivity contribution >= 4 is 17.6 Å². The molecule has 0 N–H and O–H groups in total. The van der Waals surface area contributed by atoms with Crippen LogP contribution in [0.4, 0.5) is 5.69 Å². The molecule has 1 heterocycles. The van der Waals surface area contributed by atoms with Gasteiger partial charge in [-0.05, 0) is 42.8 Å². The Labute approximate surface area is 140 Å². The third-order valence-electron chi connectivity index (χ3n) is 4.13. The van der Waals surface area contributed by atoms with E-state index < -0.39 is 5.92 Å². The van der Waals surface area contributed by atoms with Crippen molar-refractivity contribution in [3.63, 3.8) is 0 Å². The maximum atomic E-state index is 12.1. The summed E-state index contributed by atoms with van der Waals surface area (Å²) in [4.78, 5) is 25.3. The number of anilines is 1. The molecule has 24 heavy (non-hydrogen) atoms. The predicted octanol–water partition coefficient (Wildman–Crippen LogP) is 3.31. The van der Waals surface area contributed by atoms with Gasteiger partial charge in [-0.2, -0.15) is 0 Å². The Balaban J connectivity index is 1.72. The molecule has 1 saturated heterocycles. The average Bonchev–Trinajstić information content (AvgIpc) is 2.99. The Morgan fingerprint density at radius 1 is 1.12 bits per heavy atom. The minimum Gasteiger partial charge on any atom is -0.469 e. The average molecular weight is 325 g/mol. The molecule has 0 radical (unpaired) electrons. The predicted molar refractivity (Wildman–Crippen MR) is 90.2 cm³/mol. The molecule has 2 aromatic rings. The number of rotatable bonds is 4. The van der Waals surface area contributed by atoms with E-state index in [1.807, 2.05) is 55.5 Å². The molecule has 0 spiro atoms. The number of ether oxygens (including phenoxy) is 2. The first-order chi connectivity index (χ1) is 11.6. The third kappa shape index (κ3) is 3.25. The zero-order valence-corrected chi connectivity index (χ0v) is 13.7. The fraction of sp³-hybridized carbons (Fsp3) is 0.263. The molecule has 0 bridgehead atoms. The molecule has 1 aliphatic rings. The maximum absolute atomic E-state index is 12.1. The molecule has 5 nitrogen and oxygen atoms in total. The first kappa shape index (κ1) is 16.1. The third-order valence-corrected chi connectivity index (χ3v) is 4.13. The second-order valence-corrected chi connectivity index (χ2v) is 5.79. The number of hydrogen-bond acceptors (Lipinski definition) is 4. The van der Waals surface area contributed by atoms with Crippen molar-refractivity contribution in [1.29, 1.82) is 0 Å². The Kier molecular flexibility index (Phi) is 4.51. The van der Waals surface area contributed by atoms with Gasteiger partial charge in [-0.1, -0.05) is 18.2 Å². The highest BCUT2D eigenvalue weighted by Crippen LogP contribution is 2.29. The number of amides is 1. The van der Waals surface area contributed by atoms with E-state index in [4.69, 9.17) is 9.47 Å². The number of nitrogens with zero attached hydrogens (tertiary/aromatic N) is 1. The van der Waals surface area contributed by atoms with E-state index in [2.05, 4.69) is 0 Å². The molecule has 1 aliphatic heterocycles. The van der Waals surface area contributed by atoms with Gasteiger partial charge in [0.05, 0.1) is 13.0 Å². The zero-order chi connectivity index (χ0) is 17.1. The van der Waals surface area contributed by atoms with Crippen molar-refractivity contribution < 1.29 is 19.1 Å². The number of hydrogen-bond donors (Lipinski definition) is 0. The topological polar surface area (TPSA) is 55.8 Å². The molecule has 3 rings (SSSR count). The summed E-state index contributed by atoms with van der Waals surface area (Å²) in [5, 5.41) is 0. The van der Waals surface area contributed by atoms with Gasteiger partial charge in [0.15, 0.2) is 0 Å². The van der Waals surface area contributed by atoms with Gasteiger partial charge >= 0.3 is 5.97 Å². The summed E-state index contributed by atoms with van der Waals surface area (Å²) in [6, 6.07) is 15.1. The van der Waals surface area contributed by atoms with Crippen LogP contribution in [0.25, 0.3) is 0 Å². The van der Waals surface area contributed by atoms with Crippen LogP contribution in [0.15, 0.2) is 48.5 Å². The largest absolute Gasteiger partial charge is 0.469 e. The summed E-state index contributed by atoms with van der Waals surface area (Å²) in [5.74, 6) is 0.686. The zero-order valence-electron chi connectivity index (χ0n) is 13.7. The fourth-order valence-corrected chi connectivity index (χ4v) is 2.77. The van der Waals surface area contributed by atoms with Gasteiger partial charge in [0, 0.05) is 18.7 Å². The van der Waals surface area contributed by atoms with Crippen LogP contribution in [0, 0.1) is 12.8 Å². The molecule has 0 aromatic heterocycles. The summed E-state index contributed by atoms with van der Waals surface area (Å²) >= 11 is 0. The van der Waals surface area contributed by atoms with Gasteiger partial charge in [0.1, 0.15) is 11.5 Å². The lowest BCUT2D eigenvalue weighted by molar-refractivity contribution is -0.145. The van der Waals surface area contributed by atoms with Crippen molar-refractivity contribution in [2.75, 3.05) is 18.6 Å². The van der Waals surface area contributed by atoms with Crippen LogP contribution in [0.2, 0.25) is 0 Å². The van der Waals surface area contributed by atoms with Gasteiger partial charge in [-0.3, -0.25) is 9.59 Å². The standard InChI is InChI=1S/C19H19NO4/c1-13-5-3-4-6-17(13)24-16-9-7-15(8-10-16)20-12-14(11-18(20)21)19(22)23-2/h3-10,14H,11-12H2,1-2H3. The van der Waals surface area contributed by atoms with Crippen LogP contribution in [0.5, 0.6) is 11.5 Å². The van der Waals surface area contributed by atoms with E-state index in [1.54, 1.807) is 4.90 Å². The number of para-hydroxylation sites is 1. The maximum Gasteiger partial charge on any atom is 0.311 e. The van der Waals surface area contributed by atoms with Crippen LogP contribution in [-0.2, 0) is 14.3 Å². The van der Waals surface area contributed by atoms with Gasteiger partial charge in [-0.15, -0.1) is 0 Å². The number of carbonyl (C=O) groups is 2. The molecule has 0 aliphatic carbocycles. The minimum atomic E-state index is -0.398. The van der Waals surface area contributed by atoms with Crippen LogP contribution in [0.3, 0.4) is 0 Å². The number of carbonyl (C=O) groups excluding carboxylic acids is 2. The van der Waals surface area contributed by atoms with E-state index in [0.29, 0.717) is 12.3 Å². The number of aryl methyl sites for hydroxylation is 1. The summed E-state index contributed by atoms with van der Waals surface area (Å²) in [7, 11) is 1.34. The molecule has 5 heteroatoms. The van der Waals surface area contributed by atoms with Crippen LogP contribution in [0.1, 0.15) is 12.0 Å². The molecule has 124 valence electrons. The van der Waals surface area contributed by atoms with Crippen LogP contribution < -0.4 is 9.64 Å². The molecule has 1 unspecified atom stereocenters. The highest BCUT2D eigenvalue weighted by molar-refractivity contribution is 5.99. The van der Waals surface area contributed by atoms with Crippen molar-refractivity contribution in [3.05, 3.63) is 54.1 Å². The molecule has 2 aromatic carbocycles. The van der Waals surface area contributed by atoms with E-state index >= 15 is 0 Å². The summed E-state index contributed by atoms with van der Waals surface area (Å²) in [5.41, 5.74) is 1.81. The summed E-state index contributed by atoms with van der Waals surface area (Å²) in [6.45, 7) is 2.34. The normalized spacial score (nSPS) is 17.0. The van der Waals surface area contributed by atoms with Gasteiger partial charge in [0.2, 0.25) is 5.91 Å². The highest BCUT2D eigenvalue weighted by atomic mass is 16.5. The Morgan fingerprint density at radius 2 is 1.83 bits per heavy atom. The first-order valence-corrected chi connectivity index (χ1v) is 7.80. The van der Waals surface area contributed by atoms with Gasteiger partial charge in [0.25, 0.3) is 0 Å². The first-order valence-electron chi connectivity index (χ1n) is 7.80. The molecular weight excluding hydrogens is 306 g/mol. The van der Waals surface area contributed by atoms with Crippen molar-refractivity contribution in [2.24, 2.45) is 5.92 Å². The second kappa shape index (κ2) is 6.74. The highest BCUT2D eigenvalue weighted by Gasteiger charge is 2.35. The molecule has 1 atom stereocenters. The second-order valence-electron chi connectivity index (χ2n) is 5.79. The monoisotopic (exact) mass is 325 g/mol. The van der Waals surface area contributed by atoms with Gasteiger partial charge < -0.3 is 14.4 Å². The lowest BCUT2D eigenvalue weighted by Crippen LogP contribution is -2.26. The number of methoxy groups -OCH3 is 1. The van der Waals surface area contributed by atoms with E-state index in [-0.39, 0.29) is 18.3 Å². The quantitative estimate of drug-likeness (QED) is 0.809. The van der Waals surface area contributed by atoms with Crippen LogP contribution >= 0.6 is 0 Å². The van der Waals surface area contributed by atoms with Crippen LogP contribution in [-0.4, -0.2) is 25.5 Å². The van der Waals surface area contributed by atoms with Gasteiger partial charge in [-0.25, -0.2) is 0 Å². The summed E-state index contributed by atoms with van der Waals surface area (Å²) < 4.78 is 10.6. The van der Waals surface area contributed by atoms with E-state index in [1.165, 1.54) is 7.11 Å². The number of esters is 1. The van der Waals surface area contributed by atoms with E-state index in [9.17, 15) is 9.59 Å². The van der Waals surface area contributed by atoms with Crippen molar-refractivity contribution in [3.8, 4) is 11.5 Å². The Bertz CT molecular complexity index is 754. The molecule has 1 fully saturated rings. The van der Waals surface area contributed by atoms with Crippen molar-refractivity contribution in [2.45, 2.75) is 13.3 Å². The lowest BCUT2D eigenvalue weighted by Gasteiger charge is -2.17. The number of benzene rings is 2. The smallest absolute Gasteiger partial charge is 0.311 e. The van der Waals surface area contributed by atoms with E-state index in [0.717, 1.165) is 17.0 Å². The summed E-state index contributed by atoms with van der Waals surface area (Å²) in [6.07, 6.45) is 0.189.